The molecule has 3 nitrogen and oxygen atoms in total. The molecule has 1 N–H and O–H groups in total. The van der Waals surface area contributed by atoms with Gasteiger partial charge in [0.15, 0.2) is 0 Å². The van der Waals surface area contributed by atoms with Gasteiger partial charge in [0.25, 0.3) is 0 Å². The zero-order valence-corrected chi connectivity index (χ0v) is 8.88. The number of nitrogens with zero attached hydrogens (tertiary/aromatic N) is 1. The van der Waals surface area contributed by atoms with Gasteiger partial charge in [0.1, 0.15) is 0 Å². The quantitative estimate of drug-likeness (QED) is 0.699. The first-order valence-corrected chi connectivity index (χ1v) is 5.28. The minimum absolute atomic E-state index is 0.667. The maximum atomic E-state index is 5.09. The van der Waals surface area contributed by atoms with Crippen LogP contribution in [0.15, 0.2) is 0 Å². The molecule has 1 heterocycles. The molecule has 0 aromatic heterocycles. The van der Waals surface area contributed by atoms with Crippen LogP contribution < -0.4 is 5.32 Å². The summed E-state index contributed by atoms with van der Waals surface area (Å²) in [5.41, 5.74) is 0. The molecule has 3 heteroatoms. The van der Waals surface area contributed by atoms with Gasteiger partial charge in [0.2, 0.25) is 0 Å². The van der Waals surface area contributed by atoms with Crippen molar-refractivity contribution in [1.82, 2.24) is 10.2 Å². The maximum Gasteiger partial charge on any atom is 0.0477 e. The number of methoxy groups -OCH3 is 1. The van der Waals surface area contributed by atoms with Crippen LogP contribution in [0.25, 0.3) is 0 Å². The standard InChI is InChI=1S/C10H22N2O/c1-10(4-9-13-2)12-7-3-5-11-6-8-12/h10-11H,3-9H2,1-2H3. The second-order valence-electron chi connectivity index (χ2n) is 3.77. The molecule has 0 spiro atoms. The van der Waals surface area contributed by atoms with Crippen molar-refractivity contribution in [3.8, 4) is 0 Å². The molecule has 1 rings (SSSR count). The first kappa shape index (κ1) is 11.0. The first-order chi connectivity index (χ1) is 6.34. The number of hydrogen-bond donors (Lipinski definition) is 1. The van der Waals surface area contributed by atoms with Crippen molar-refractivity contribution in [3.05, 3.63) is 0 Å². The van der Waals surface area contributed by atoms with Gasteiger partial charge >= 0.3 is 0 Å². The van der Waals surface area contributed by atoms with E-state index in [0.29, 0.717) is 6.04 Å². The van der Waals surface area contributed by atoms with Gasteiger partial charge in [-0.2, -0.15) is 0 Å². The fraction of sp³-hybridized carbons (Fsp3) is 1.00. The molecule has 0 amide bonds. The van der Waals surface area contributed by atoms with Crippen molar-refractivity contribution >= 4 is 0 Å². The van der Waals surface area contributed by atoms with Crippen LogP contribution in [-0.2, 0) is 4.74 Å². The SMILES string of the molecule is COCCC(C)N1CCCNCC1. The monoisotopic (exact) mass is 186 g/mol. The lowest BCUT2D eigenvalue weighted by Crippen LogP contribution is -2.36. The van der Waals surface area contributed by atoms with Crippen LogP contribution in [0.1, 0.15) is 19.8 Å². The van der Waals surface area contributed by atoms with Crippen LogP contribution in [0.2, 0.25) is 0 Å². The fourth-order valence-electron chi connectivity index (χ4n) is 1.78. The third-order valence-electron chi connectivity index (χ3n) is 2.74. The highest BCUT2D eigenvalue weighted by Gasteiger charge is 2.14. The molecule has 0 aromatic carbocycles. The van der Waals surface area contributed by atoms with Crippen molar-refractivity contribution in [1.29, 1.82) is 0 Å². The number of nitrogens with one attached hydrogen (secondary N) is 1. The van der Waals surface area contributed by atoms with Gasteiger partial charge in [-0.3, -0.25) is 4.90 Å². The lowest BCUT2D eigenvalue weighted by molar-refractivity contribution is 0.142. The summed E-state index contributed by atoms with van der Waals surface area (Å²) in [6, 6.07) is 0.667. The number of rotatable bonds is 4. The molecule has 1 aliphatic rings. The fourth-order valence-corrected chi connectivity index (χ4v) is 1.78. The summed E-state index contributed by atoms with van der Waals surface area (Å²) in [4.78, 5) is 2.55. The summed E-state index contributed by atoms with van der Waals surface area (Å²) >= 11 is 0. The molecule has 0 aromatic rings. The van der Waals surface area contributed by atoms with Crippen LogP contribution in [0.3, 0.4) is 0 Å². The smallest absolute Gasteiger partial charge is 0.0477 e. The molecule has 1 fully saturated rings. The molecule has 0 radical (unpaired) electrons. The predicted molar refractivity (Wildman–Crippen MR) is 55.0 cm³/mol. The van der Waals surface area contributed by atoms with Crippen molar-refractivity contribution in [2.24, 2.45) is 0 Å². The second kappa shape index (κ2) is 6.35. The van der Waals surface area contributed by atoms with Crippen LogP contribution in [0.4, 0.5) is 0 Å². The largest absolute Gasteiger partial charge is 0.385 e. The third kappa shape index (κ3) is 4.07. The average Bonchev–Trinajstić information content (AvgIpc) is 2.42. The Balaban J connectivity index is 2.22. The van der Waals surface area contributed by atoms with Crippen molar-refractivity contribution in [2.75, 3.05) is 39.9 Å². The van der Waals surface area contributed by atoms with E-state index in [1.54, 1.807) is 7.11 Å². The minimum atomic E-state index is 0.667. The van der Waals surface area contributed by atoms with Crippen molar-refractivity contribution in [3.63, 3.8) is 0 Å². The van der Waals surface area contributed by atoms with Crippen molar-refractivity contribution < 1.29 is 4.74 Å². The highest BCUT2D eigenvalue weighted by molar-refractivity contribution is 4.71. The molecule has 78 valence electrons. The number of hydrogen-bond acceptors (Lipinski definition) is 3. The van der Waals surface area contributed by atoms with Crippen LogP contribution >= 0.6 is 0 Å². The van der Waals surface area contributed by atoms with Gasteiger partial charge < -0.3 is 10.1 Å². The molecule has 1 atom stereocenters. The molecule has 1 aliphatic heterocycles. The zero-order valence-electron chi connectivity index (χ0n) is 8.88. The lowest BCUT2D eigenvalue weighted by Gasteiger charge is -2.26. The maximum absolute atomic E-state index is 5.09. The van der Waals surface area contributed by atoms with E-state index < -0.39 is 0 Å². The van der Waals surface area contributed by atoms with E-state index in [2.05, 4.69) is 17.1 Å². The van der Waals surface area contributed by atoms with E-state index in [0.717, 1.165) is 19.6 Å². The Morgan fingerprint density at radius 2 is 2.23 bits per heavy atom. The lowest BCUT2D eigenvalue weighted by atomic mass is 10.2. The predicted octanol–water partition coefficient (Wildman–Crippen LogP) is 0.707. The van der Waals surface area contributed by atoms with E-state index in [4.69, 9.17) is 4.74 Å². The molecule has 0 saturated carbocycles. The van der Waals surface area contributed by atoms with E-state index >= 15 is 0 Å². The van der Waals surface area contributed by atoms with Gasteiger partial charge in [-0.05, 0) is 32.9 Å². The van der Waals surface area contributed by atoms with Gasteiger partial charge in [-0.1, -0.05) is 0 Å². The Morgan fingerprint density at radius 1 is 1.38 bits per heavy atom. The molecule has 1 unspecified atom stereocenters. The van der Waals surface area contributed by atoms with Crippen LogP contribution in [-0.4, -0.2) is 50.8 Å². The second-order valence-corrected chi connectivity index (χ2v) is 3.77. The zero-order chi connectivity index (χ0) is 9.52. The first-order valence-electron chi connectivity index (χ1n) is 5.28. The summed E-state index contributed by atoms with van der Waals surface area (Å²) in [5.74, 6) is 0. The van der Waals surface area contributed by atoms with Gasteiger partial charge in [-0.25, -0.2) is 0 Å². The molecule has 1 saturated heterocycles. The Hall–Kier alpha value is -0.120. The molecule has 13 heavy (non-hydrogen) atoms. The van der Waals surface area contributed by atoms with Gasteiger partial charge in [-0.15, -0.1) is 0 Å². The van der Waals surface area contributed by atoms with Gasteiger partial charge in [0.05, 0.1) is 0 Å². The number of ether oxygens (including phenoxy) is 1. The van der Waals surface area contributed by atoms with E-state index in [1.807, 2.05) is 0 Å². The van der Waals surface area contributed by atoms with Crippen LogP contribution in [0, 0.1) is 0 Å². The molecule has 0 bridgehead atoms. The van der Waals surface area contributed by atoms with E-state index in [9.17, 15) is 0 Å². The highest BCUT2D eigenvalue weighted by atomic mass is 16.5. The van der Waals surface area contributed by atoms with E-state index in [1.165, 1.54) is 26.1 Å². The third-order valence-corrected chi connectivity index (χ3v) is 2.74. The van der Waals surface area contributed by atoms with Gasteiger partial charge in [0, 0.05) is 32.8 Å². The Morgan fingerprint density at radius 3 is 3.00 bits per heavy atom. The molecular formula is C10H22N2O. The highest BCUT2D eigenvalue weighted by Crippen LogP contribution is 2.05. The molecule has 0 aliphatic carbocycles. The summed E-state index contributed by atoms with van der Waals surface area (Å²) in [6.07, 6.45) is 2.42. The Labute approximate surface area is 81.4 Å². The van der Waals surface area contributed by atoms with E-state index in [-0.39, 0.29) is 0 Å². The summed E-state index contributed by atoms with van der Waals surface area (Å²) in [6.45, 7) is 7.91. The Kier molecular flexibility index (Phi) is 5.35. The summed E-state index contributed by atoms with van der Waals surface area (Å²) in [7, 11) is 1.77. The topological polar surface area (TPSA) is 24.5 Å². The normalized spacial score (nSPS) is 22.6. The van der Waals surface area contributed by atoms with Crippen molar-refractivity contribution in [2.45, 2.75) is 25.8 Å². The molecular weight excluding hydrogens is 164 g/mol. The van der Waals surface area contributed by atoms with Crippen LogP contribution in [0.5, 0.6) is 0 Å². The Bertz CT molecular complexity index is 122. The summed E-state index contributed by atoms with van der Waals surface area (Å²) in [5, 5.41) is 3.42. The minimum Gasteiger partial charge on any atom is -0.385 e. The summed E-state index contributed by atoms with van der Waals surface area (Å²) < 4.78 is 5.09. The average molecular weight is 186 g/mol.